The van der Waals surface area contributed by atoms with Crippen LogP contribution in [0.15, 0.2) is 59.7 Å². The molecule has 2 heterocycles. The first kappa shape index (κ1) is 22.9. The first-order chi connectivity index (χ1) is 15.1. The maximum absolute atomic E-state index is 12.8. The Morgan fingerprint density at radius 1 is 1.19 bits per heavy atom. The number of alkyl halides is 1. The number of hydrogen-bond acceptors (Lipinski definition) is 6. The topological polar surface area (TPSA) is 88.5 Å². The molecule has 1 atom stereocenters. The van der Waals surface area contributed by atoms with Gasteiger partial charge in [0.05, 0.1) is 21.0 Å². The largest absolute Gasteiger partial charge is 0.301 e. The number of aliphatic imine (C=N–C) groups is 1. The van der Waals surface area contributed by atoms with E-state index in [2.05, 4.69) is 31.2 Å². The minimum Gasteiger partial charge on any atom is -0.301 e. The van der Waals surface area contributed by atoms with Crippen molar-refractivity contribution >= 4 is 59.5 Å². The van der Waals surface area contributed by atoms with Crippen molar-refractivity contribution in [1.29, 1.82) is 0 Å². The lowest BCUT2D eigenvalue weighted by atomic mass is 9.93. The lowest BCUT2D eigenvalue weighted by Crippen LogP contribution is -2.28. The Hall–Kier alpha value is -2.23. The van der Waals surface area contributed by atoms with E-state index in [9.17, 15) is 13.2 Å². The average molecular weight is 532 g/mol. The van der Waals surface area contributed by atoms with E-state index in [1.165, 1.54) is 18.0 Å². The minimum atomic E-state index is -3.37. The second kappa shape index (κ2) is 8.61. The van der Waals surface area contributed by atoms with Gasteiger partial charge in [-0.05, 0) is 55.3 Å². The quantitative estimate of drug-likeness (QED) is 0.491. The monoisotopic (exact) mass is 531 g/mol. The molecule has 0 bridgehead atoms. The molecule has 0 saturated carbocycles. The lowest BCUT2D eigenvalue weighted by molar-refractivity contribution is 0.0978. The fraction of sp³-hybridized carbons (Fsp3) is 0.261. The standard InChI is InChI=1S/C23H22BrN3O3S2/c1-23(2,32(3,29)30)17-11-15-8-5-9-25-20(15)18(12-17)14-6-4-7-16(10-14)21(28)27-22-26-13-19(24)31-22/h4-12,19H,13H2,1-3H3,(H,26,27,28). The van der Waals surface area contributed by atoms with Crippen LogP contribution in [0.25, 0.3) is 22.0 Å². The molecule has 4 rings (SSSR count). The van der Waals surface area contributed by atoms with Gasteiger partial charge in [0, 0.05) is 29.0 Å². The van der Waals surface area contributed by atoms with E-state index in [1.807, 2.05) is 36.4 Å². The van der Waals surface area contributed by atoms with E-state index in [-0.39, 0.29) is 10.1 Å². The van der Waals surface area contributed by atoms with E-state index in [0.29, 0.717) is 22.8 Å². The van der Waals surface area contributed by atoms with Crippen LogP contribution in [-0.2, 0) is 14.6 Å². The van der Waals surface area contributed by atoms with Crippen LogP contribution < -0.4 is 5.32 Å². The van der Waals surface area contributed by atoms with Crippen LogP contribution >= 0.6 is 27.7 Å². The number of fused-ring (bicyclic) bond motifs is 1. The number of aromatic nitrogens is 1. The van der Waals surface area contributed by atoms with Crippen molar-refractivity contribution in [2.24, 2.45) is 4.99 Å². The van der Waals surface area contributed by atoms with Gasteiger partial charge in [0.1, 0.15) is 0 Å². The molecule has 1 amide bonds. The maximum Gasteiger partial charge on any atom is 0.257 e. The van der Waals surface area contributed by atoms with E-state index in [4.69, 9.17) is 0 Å². The van der Waals surface area contributed by atoms with Crippen molar-refractivity contribution in [1.82, 2.24) is 10.3 Å². The second-order valence-electron chi connectivity index (χ2n) is 8.09. The highest BCUT2D eigenvalue weighted by Gasteiger charge is 2.33. The zero-order chi connectivity index (χ0) is 23.1. The summed E-state index contributed by atoms with van der Waals surface area (Å²) in [5.74, 6) is -0.246. The summed E-state index contributed by atoms with van der Waals surface area (Å²) in [6, 6.07) is 14.7. The van der Waals surface area contributed by atoms with Gasteiger partial charge in [-0.25, -0.2) is 8.42 Å². The van der Waals surface area contributed by atoms with Gasteiger partial charge in [0.2, 0.25) is 0 Å². The fourth-order valence-electron chi connectivity index (χ4n) is 3.39. The molecule has 9 heteroatoms. The van der Waals surface area contributed by atoms with E-state index in [1.54, 1.807) is 32.2 Å². The van der Waals surface area contributed by atoms with Crippen molar-refractivity contribution in [3.05, 3.63) is 65.9 Å². The smallest absolute Gasteiger partial charge is 0.257 e. The van der Waals surface area contributed by atoms with Crippen LogP contribution in [0, 0.1) is 0 Å². The second-order valence-corrected chi connectivity index (χ2v) is 13.6. The Morgan fingerprint density at radius 3 is 2.66 bits per heavy atom. The first-order valence-corrected chi connectivity index (χ1v) is 13.6. The van der Waals surface area contributed by atoms with Crippen LogP contribution in [0.5, 0.6) is 0 Å². The van der Waals surface area contributed by atoms with Gasteiger partial charge in [0.25, 0.3) is 5.91 Å². The predicted octanol–water partition coefficient (Wildman–Crippen LogP) is 4.74. The summed E-state index contributed by atoms with van der Waals surface area (Å²) in [6.07, 6.45) is 2.95. The molecule has 0 radical (unpaired) electrons. The molecule has 166 valence electrons. The third-order valence-electron chi connectivity index (χ3n) is 5.60. The third-order valence-corrected chi connectivity index (χ3v) is 9.40. The highest BCUT2D eigenvalue weighted by Crippen LogP contribution is 2.36. The highest BCUT2D eigenvalue weighted by molar-refractivity contribution is 9.11. The molecule has 0 aliphatic carbocycles. The van der Waals surface area contributed by atoms with Gasteiger partial charge < -0.3 is 5.32 Å². The lowest BCUT2D eigenvalue weighted by Gasteiger charge is -2.24. The number of pyridine rings is 1. The van der Waals surface area contributed by atoms with Crippen LogP contribution in [0.3, 0.4) is 0 Å². The number of halogens is 1. The van der Waals surface area contributed by atoms with E-state index in [0.717, 1.165) is 22.0 Å². The SMILES string of the molecule is CC(C)(c1cc(-c2cccc(C(=O)NC3=NCC(Br)S3)c2)c2ncccc2c1)S(C)(=O)=O. The zero-order valence-electron chi connectivity index (χ0n) is 17.8. The van der Waals surface area contributed by atoms with Crippen LogP contribution in [-0.4, -0.2) is 41.4 Å². The van der Waals surface area contributed by atoms with Crippen molar-refractivity contribution < 1.29 is 13.2 Å². The van der Waals surface area contributed by atoms with Gasteiger partial charge >= 0.3 is 0 Å². The number of thioether (sulfide) groups is 1. The van der Waals surface area contributed by atoms with Crippen LogP contribution in [0.1, 0.15) is 29.8 Å². The van der Waals surface area contributed by atoms with E-state index >= 15 is 0 Å². The number of carbonyl (C=O) groups is 1. The van der Waals surface area contributed by atoms with Crippen molar-refractivity contribution in [2.45, 2.75) is 22.8 Å². The van der Waals surface area contributed by atoms with Gasteiger partial charge in [0.15, 0.2) is 15.0 Å². The Morgan fingerprint density at radius 2 is 1.97 bits per heavy atom. The van der Waals surface area contributed by atoms with Crippen molar-refractivity contribution in [3.63, 3.8) is 0 Å². The summed E-state index contributed by atoms with van der Waals surface area (Å²) < 4.78 is 24.1. The Bertz CT molecular complexity index is 1350. The summed E-state index contributed by atoms with van der Waals surface area (Å²) in [7, 11) is -3.37. The fourth-order valence-corrected chi connectivity index (χ4v) is 5.30. The average Bonchev–Trinajstić information content (AvgIpc) is 3.16. The minimum absolute atomic E-state index is 0.169. The van der Waals surface area contributed by atoms with Crippen LogP contribution in [0.4, 0.5) is 0 Å². The summed E-state index contributed by atoms with van der Waals surface area (Å²) in [5.41, 5.74) is 3.46. The molecular weight excluding hydrogens is 510 g/mol. The molecule has 32 heavy (non-hydrogen) atoms. The molecule has 0 saturated heterocycles. The highest BCUT2D eigenvalue weighted by atomic mass is 79.9. The molecule has 1 aromatic heterocycles. The molecule has 1 unspecified atom stereocenters. The maximum atomic E-state index is 12.8. The number of amidine groups is 1. The Balaban J connectivity index is 1.80. The summed E-state index contributed by atoms with van der Waals surface area (Å²) in [5, 5.41) is 4.27. The number of amides is 1. The zero-order valence-corrected chi connectivity index (χ0v) is 21.0. The molecule has 1 N–H and O–H groups in total. The van der Waals surface area contributed by atoms with E-state index < -0.39 is 14.6 Å². The van der Waals surface area contributed by atoms with Crippen LogP contribution in [0.2, 0.25) is 0 Å². The summed E-state index contributed by atoms with van der Waals surface area (Å²) in [6.45, 7) is 4.01. The van der Waals surface area contributed by atoms with Crippen molar-refractivity contribution in [3.8, 4) is 11.1 Å². The number of nitrogens with zero attached hydrogens (tertiary/aromatic N) is 2. The predicted molar refractivity (Wildman–Crippen MR) is 135 cm³/mol. The van der Waals surface area contributed by atoms with Gasteiger partial charge in [-0.1, -0.05) is 45.9 Å². The number of carbonyl (C=O) groups excluding carboxylic acids is 1. The van der Waals surface area contributed by atoms with Crippen molar-refractivity contribution in [2.75, 3.05) is 12.8 Å². The molecule has 6 nitrogen and oxygen atoms in total. The first-order valence-electron chi connectivity index (χ1n) is 9.92. The molecule has 0 spiro atoms. The molecule has 1 aliphatic rings. The number of hydrogen-bond donors (Lipinski definition) is 1. The number of nitrogens with one attached hydrogen (secondary N) is 1. The molecule has 2 aromatic carbocycles. The molecule has 1 aliphatic heterocycles. The number of rotatable bonds is 4. The third kappa shape index (κ3) is 4.46. The Labute approximate surface area is 200 Å². The number of benzene rings is 2. The summed E-state index contributed by atoms with van der Waals surface area (Å²) in [4.78, 5) is 21.6. The number of sulfone groups is 1. The van der Waals surface area contributed by atoms with Gasteiger partial charge in [-0.2, -0.15) is 0 Å². The molecular formula is C23H22BrN3O3S2. The molecule has 3 aromatic rings. The normalized spacial score (nSPS) is 16.8. The summed E-state index contributed by atoms with van der Waals surface area (Å²) >= 11 is 4.94. The Kier molecular flexibility index (Phi) is 6.17. The van der Waals surface area contributed by atoms with Gasteiger partial charge in [-0.3, -0.25) is 14.8 Å². The van der Waals surface area contributed by atoms with Gasteiger partial charge in [-0.15, -0.1) is 0 Å². The molecule has 0 fully saturated rings.